The van der Waals surface area contributed by atoms with E-state index in [-0.39, 0.29) is 12.2 Å². The second kappa shape index (κ2) is 10.4. The van der Waals surface area contributed by atoms with Gasteiger partial charge in [-0.25, -0.2) is 18.3 Å². The molecule has 0 unspecified atom stereocenters. The van der Waals surface area contributed by atoms with Crippen molar-refractivity contribution in [1.29, 1.82) is 0 Å². The Kier molecular flexibility index (Phi) is 6.67. The molecule has 202 valence electrons. The highest BCUT2D eigenvalue weighted by atomic mass is 19.1. The molecule has 1 atom stereocenters. The highest BCUT2D eigenvalue weighted by Gasteiger charge is 2.36. The first-order valence-electron chi connectivity index (χ1n) is 13.4. The van der Waals surface area contributed by atoms with E-state index in [1.165, 1.54) is 11.6 Å². The van der Waals surface area contributed by atoms with Gasteiger partial charge in [0, 0.05) is 17.8 Å². The maximum atomic E-state index is 14.6. The van der Waals surface area contributed by atoms with Crippen molar-refractivity contribution in [2.45, 2.75) is 39.3 Å². The van der Waals surface area contributed by atoms with Crippen molar-refractivity contribution in [2.24, 2.45) is 0 Å². The first-order valence-corrected chi connectivity index (χ1v) is 13.4. The van der Waals surface area contributed by atoms with Crippen molar-refractivity contribution < 1.29 is 13.6 Å². The number of hydrogen-bond donors (Lipinski definition) is 1. The lowest BCUT2D eigenvalue weighted by Gasteiger charge is -2.31. The summed E-state index contributed by atoms with van der Waals surface area (Å²) in [6.45, 7) is 4.38. The molecule has 6 nitrogen and oxygen atoms in total. The molecule has 0 bridgehead atoms. The molecule has 0 aliphatic carbocycles. The van der Waals surface area contributed by atoms with E-state index in [0.29, 0.717) is 6.42 Å². The molecule has 0 saturated carbocycles. The molecule has 8 heteroatoms. The third-order valence-corrected chi connectivity index (χ3v) is 7.44. The van der Waals surface area contributed by atoms with Gasteiger partial charge >= 0.3 is 6.03 Å². The summed E-state index contributed by atoms with van der Waals surface area (Å²) in [5.41, 5.74) is 5.59. The molecule has 1 aliphatic rings. The monoisotopic (exact) mass is 537 g/mol. The molecule has 1 aliphatic heterocycles. The summed E-state index contributed by atoms with van der Waals surface area (Å²) in [7, 11) is 0. The number of rotatable bonds is 5. The van der Waals surface area contributed by atoms with Gasteiger partial charge in [-0.1, -0.05) is 56.3 Å². The van der Waals surface area contributed by atoms with E-state index in [1.54, 1.807) is 4.90 Å². The second-order valence-corrected chi connectivity index (χ2v) is 9.83. The highest BCUT2D eigenvalue weighted by molar-refractivity contribution is 5.90. The van der Waals surface area contributed by atoms with E-state index in [9.17, 15) is 13.6 Å². The number of carbonyl (C=O) groups excluding carboxylic acids is 1. The van der Waals surface area contributed by atoms with Gasteiger partial charge in [0.2, 0.25) is 0 Å². The molecule has 0 radical (unpaired) electrons. The average molecular weight is 538 g/mol. The topological polar surface area (TPSA) is 55.1 Å². The SMILES string of the molecule is CCc1ccc([C@@H]2c3cccn3-c3c(c(CC)nn3-c3ccccc3)CN2C(=O)Nc2ccc(F)cc2F)cc1. The summed E-state index contributed by atoms with van der Waals surface area (Å²) in [6, 6.07) is 24.2. The van der Waals surface area contributed by atoms with E-state index in [2.05, 4.69) is 28.9 Å². The van der Waals surface area contributed by atoms with Crippen LogP contribution in [-0.4, -0.2) is 25.3 Å². The summed E-state index contributed by atoms with van der Waals surface area (Å²) >= 11 is 0. The zero-order valence-corrected chi connectivity index (χ0v) is 22.3. The van der Waals surface area contributed by atoms with Crippen LogP contribution in [0, 0.1) is 11.6 Å². The number of nitrogens with zero attached hydrogens (tertiary/aromatic N) is 4. The first-order chi connectivity index (χ1) is 19.5. The van der Waals surface area contributed by atoms with Gasteiger partial charge in [0.15, 0.2) is 0 Å². The number of anilines is 1. The lowest BCUT2D eigenvalue weighted by atomic mass is 9.99. The molecule has 5 aromatic rings. The van der Waals surface area contributed by atoms with Gasteiger partial charge in [-0.05, 0) is 60.4 Å². The van der Waals surface area contributed by atoms with Crippen LogP contribution in [0.4, 0.5) is 19.3 Å². The summed E-state index contributed by atoms with van der Waals surface area (Å²) in [4.78, 5) is 15.7. The Morgan fingerprint density at radius 3 is 2.42 bits per heavy atom. The third-order valence-electron chi connectivity index (χ3n) is 7.44. The van der Waals surface area contributed by atoms with Crippen LogP contribution in [0.3, 0.4) is 0 Å². The van der Waals surface area contributed by atoms with Crippen LogP contribution < -0.4 is 5.32 Å². The molecule has 0 fully saturated rings. The molecule has 2 amide bonds. The van der Waals surface area contributed by atoms with Crippen molar-refractivity contribution in [3.05, 3.63) is 131 Å². The molecule has 6 rings (SSSR count). The molecular formula is C32H29F2N5O. The van der Waals surface area contributed by atoms with Crippen LogP contribution in [0.15, 0.2) is 91.1 Å². The molecule has 1 N–H and O–H groups in total. The van der Waals surface area contributed by atoms with E-state index < -0.39 is 23.7 Å². The molecule has 2 aromatic heterocycles. The van der Waals surface area contributed by atoms with Crippen LogP contribution in [0.5, 0.6) is 0 Å². The fraction of sp³-hybridized carbons (Fsp3) is 0.188. The Balaban J connectivity index is 1.54. The lowest BCUT2D eigenvalue weighted by molar-refractivity contribution is 0.194. The van der Waals surface area contributed by atoms with Gasteiger partial charge in [0.1, 0.15) is 17.5 Å². The maximum Gasteiger partial charge on any atom is 0.323 e. The van der Waals surface area contributed by atoms with Crippen LogP contribution in [0.1, 0.15) is 48.0 Å². The normalized spacial score (nSPS) is 14.4. The Bertz CT molecular complexity index is 1670. The van der Waals surface area contributed by atoms with Crippen molar-refractivity contribution in [3.8, 4) is 11.5 Å². The van der Waals surface area contributed by atoms with Crippen LogP contribution in [-0.2, 0) is 19.4 Å². The predicted octanol–water partition coefficient (Wildman–Crippen LogP) is 7.20. The van der Waals surface area contributed by atoms with E-state index >= 15 is 0 Å². The smallest absolute Gasteiger partial charge is 0.307 e. The summed E-state index contributed by atoms with van der Waals surface area (Å²) in [5.74, 6) is -0.675. The van der Waals surface area contributed by atoms with Gasteiger partial charge in [-0.15, -0.1) is 0 Å². The van der Waals surface area contributed by atoms with Crippen molar-refractivity contribution in [1.82, 2.24) is 19.2 Å². The second-order valence-electron chi connectivity index (χ2n) is 9.83. The summed E-state index contributed by atoms with van der Waals surface area (Å²) in [5, 5.41) is 7.65. The minimum atomic E-state index is -0.831. The number of aromatic nitrogens is 3. The Morgan fingerprint density at radius 1 is 0.950 bits per heavy atom. The fourth-order valence-electron chi connectivity index (χ4n) is 5.41. The number of amides is 2. The van der Waals surface area contributed by atoms with Gasteiger partial charge in [0.05, 0.1) is 35.3 Å². The summed E-state index contributed by atoms with van der Waals surface area (Å²) < 4.78 is 32.2. The van der Waals surface area contributed by atoms with Crippen LogP contribution in [0.2, 0.25) is 0 Å². The third kappa shape index (κ3) is 4.45. The van der Waals surface area contributed by atoms with E-state index in [4.69, 9.17) is 5.10 Å². The first kappa shape index (κ1) is 25.6. The summed E-state index contributed by atoms with van der Waals surface area (Å²) in [6.07, 6.45) is 3.55. The molecular weight excluding hydrogens is 508 g/mol. The number of para-hydroxylation sites is 1. The Morgan fingerprint density at radius 2 is 1.73 bits per heavy atom. The molecule has 40 heavy (non-hydrogen) atoms. The van der Waals surface area contributed by atoms with E-state index in [1.807, 2.05) is 72.4 Å². The van der Waals surface area contributed by atoms with Crippen molar-refractivity contribution in [2.75, 3.05) is 5.32 Å². The zero-order chi connectivity index (χ0) is 27.8. The number of carbonyl (C=O) groups is 1. The van der Waals surface area contributed by atoms with Crippen molar-refractivity contribution in [3.63, 3.8) is 0 Å². The van der Waals surface area contributed by atoms with Crippen molar-refractivity contribution >= 4 is 11.7 Å². The van der Waals surface area contributed by atoms with Crippen LogP contribution in [0.25, 0.3) is 11.5 Å². The standard InChI is InChI=1S/C32H29F2N5O/c1-3-21-12-14-22(15-13-21)30-29-11-8-18-37(29)31-25(27(4-2)36-39(31)24-9-6-5-7-10-24)20-38(30)32(40)35-28-17-16-23(33)19-26(28)34/h5-19,30H,3-4,20H2,1-2H3,(H,35,40)/t30-/m1/s1. The van der Waals surface area contributed by atoms with Crippen LogP contribution >= 0.6 is 0 Å². The van der Waals surface area contributed by atoms with Gasteiger partial charge in [-0.3, -0.25) is 0 Å². The lowest BCUT2D eigenvalue weighted by Crippen LogP contribution is -2.38. The van der Waals surface area contributed by atoms with Gasteiger partial charge in [0.25, 0.3) is 0 Å². The van der Waals surface area contributed by atoms with Gasteiger partial charge in [-0.2, -0.15) is 5.10 Å². The number of nitrogens with one attached hydrogen (secondary N) is 1. The van der Waals surface area contributed by atoms with Gasteiger partial charge < -0.3 is 14.8 Å². The molecule has 3 heterocycles. The highest BCUT2D eigenvalue weighted by Crippen LogP contribution is 2.39. The number of fused-ring (bicyclic) bond motifs is 3. The minimum Gasteiger partial charge on any atom is -0.307 e. The number of aryl methyl sites for hydroxylation is 2. The number of benzene rings is 3. The Hall–Kier alpha value is -4.72. The van der Waals surface area contributed by atoms with E-state index in [0.717, 1.165) is 52.6 Å². The maximum absolute atomic E-state index is 14.6. The molecule has 0 spiro atoms. The average Bonchev–Trinajstić information content (AvgIpc) is 3.56. The molecule has 0 saturated heterocycles. The Labute approximate surface area is 231 Å². The molecule has 3 aromatic carbocycles. The number of hydrogen-bond acceptors (Lipinski definition) is 2. The minimum absolute atomic E-state index is 0.0815. The largest absolute Gasteiger partial charge is 0.323 e. The fourth-order valence-corrected chi connectivity index (χ4v) is 5.41. The zero-order valence-electron chi connectivity index (χ0n) is 22.3. The predicted molar refractivity (Wildman–Crippen MR) is 151 cm³/mol. The quantitative estimate of drug-likeness (QED) is 0.258. The number of urea groups is 1. The number of halogens is 2.